The molecule has 0 aromatic heterocycles. The SMILES string of the molecule is CC(NC(=O)Nc1ccc(S(=O)(=O)Cc2ccc3c(c2)C[N+](C)([O-])C3)cc1)c1ccccc1. The van der Waals surface area contributed by atoms with Gasteiger partial charge < -0.3 is 20.5 Å². The third-order valence-electron chi connectivity index (χ3n) is 5.76. The Labute approximate surface area is 194 Å². The second-order valence-corrected chi connectivity index (χ2v) is 10.7. The van der Waals surface area contributed by atoms with Crippen molar-refractivity contribution in [2.75, 3.05) is 12.4 Å². The minimum atomic E-state index is -3.57. The second kappa shape index (κ2) is 8.97. The van der Waals surface area contributed by atoms with Gasteiger partial charge in [0.2, 0.25) is 0 Å². The molecule has 2 N–H and O–H groups in total. The molecular weight excluding hydrogens is 438 g/mol. The van der Waals surface area contributed by atoms with Crippen molar-refractivity contribution in [1.29, 1.82) is 0 Å². The second-order valence-electron chi connectivity index (χ2n) is 8.73. The molecule has 1 heterocycles. The first-order valence-electron chi connectivity index (χ1n) is 10.7. The van der Waals surface area contributed by atoms with Gasteiger partial charge >= 0.3 is 6.03 Å². The fraction of sp³-hybridized carbons (Fsp3) is 0.240. The van der Waals surface area contributed by atoms with Gasteiger partial charge in [-0.25, -0.2) is 13.2 Å². The Morgan fingerprint density at radius 2 is 1.67 bits per heavy atom. The Morgan fingerprint density at radius 1 is 1.00 bits per heavy atom. The first kappa shape index (κ1) is 23.0. The van der Waals surface area contributed by atoms with Crippen LogP contribution in [0, 0.1) is 5.21 Å². The quantitative estimate of drug-likeness (QED) is 0.414. The lowest BCUT2D eigenvalue weighted by atomic mass is 10.1. The van der Waals surface area contributed by atoms with Gasteiger partial charge in [0, 0.05) is 16.8 Å². The predicted molar refractivity (Wildman–Crippen MR) is 128 cm³/mol. The fourth-order valence-electron chi connectivity index (χ4n) is 4.08. The maximum absolute atomic E-state index is 12.9. The molecule has 0 radical (unpaired) electrons. The van der Waals surface area contributed by atoms with E-state index in [9.17, 15) is 18.4 Å². The largest absolute Gasteiger partial charge is 0.632 e. The van der Waals surface area contributed by atoms with Crippen molar-refractivity contribution in [1.82, 2.24) is 5.32 Å². The standard InChI is InChI=1S/C25H27N3O4S/c1-18(20-6-4-3-5-7-20)26-25(29)27-23-10-12-24(13-11-23)33(31,32)17-19-8-9-21-15-28(2,30)16-22(21)14-19/h3-14,18H,15-17H2,1-2H3,(H2,26,27,29). The number of benzene rings is 3. The van der Waals surface area contributed by atoms with Crippen molar-refractivity contribution < 1.29 is 17.9 Å². The minimum absolute atomic E-state index is 0.148. The first-order valence-corrected chi connectivity index (χ1v) is 12.4. The average Bonchev–Trinajstić information content (AvgIpc) is 3.07. The zero-order valence-electron chi connectivity index (χ0n) is 18.6. The molecule has 0 saturated carbocycles. The fourth-order valence-corrected chi connectivity index (χ4v) is 5.42. The van der Waals surface area contributed by atoms with Gasteiger partial charge in [-0.3, -0.25) is 0 Å². The third-order valence-corrected chi connectivity index (χ3v) is 7.46. The summed E-state index contributed by atoms with van der Waals surface area (Å²) in [5, 5.41) is 17.8. The van der Waals surface area contributed by atoms with Gasteiger partial charge in [0.15, 0.2) is 9.84 Å². The smallest absolute Gasteiger partial charge is 0.319 e. The van der Waals surface area contributed by atoms with Gasteiger partial charge in [-0.05, 0) is 48.4 Å². The molecule has 7 nitrogen and oxygen atoms in total. The van der Waals surface area contributed by atoms with E-state index < -0.39 is 9.84 Å². The Balaban J connectivity index is 1.39. The minimum Gasteiger partial charge on any atom is -0.632 e. The molecule has 0 spiro atoms. The summed E-state index contributed by atoms with van der Waals surface area (Å²) in [6.07, 6.45) is 0. The molecule has 8 heteroatoms. The Morgan fingerprint density at radius 3 is 2.36 bits per heavy atom. The number of urea groups is 1. The first-order chi connectivity index (χ1) is 15.6. The van der Waals surface area contributed by atoms with Crippen molar-refractivity contribution in [2.24, 2.45) is 0 Å². The van der Waals surface area contributed by atoms with Crippen LogP contribution in [0.25, 0.3) is 0 Å². The summed E-state index contributed by atoms with van der Waals surface area (Å²) < 4.78 is 25.4. The average molecular weight is 466 g/mol. The van der Waals surface area contributed by atoms with Crippen LogP contribution in [0.5, 0.6) is 0 Å². The summed E-state index contributed by atoms with van der Waals surface area (Å²) in [6.45, 7) is 2.66. The van der Waals surface area contributed by atoms with Crippen LogP contribution < -0.4 is 10.6 Å². The van der Waals surface area contributed by atoms with E-state index in [1.807, 2.05) is 49.4 Å². The number of rotatable bonds is 6. The molecule has 33 heavy (non-hydrogen) atoms. The Hall–Kier alpha value is -3.20. The van der Waals surface area contributed by atoms with Crippen molar-refractivity contribution in [2.45, 2.75) is 36.7 Å². The summed E-state index contributed by atoms with van der Waals surface area (Å²) in [6, 6.07) is 20.6. The van der Waals surface area contributed by atoms with Crippen LogP contribution in [0.3, 0.4) is 0 Å². The van der Waals surface area contributed by atoms with E-state index in [4.69, 9.17) is 0 Å². The lowest BCUT2D eigenvalue weighted by Gasteiger charge is -2.33. The number of hydrogen-bond acceptors (Lipinski definition) is 4. The number of carbonyl (C=O) groups excluding carboxylic acids is 1. The molecule has 1 aliphatic heterocycles. The molecule has 0 fully saturated rings. The highest BCUT2D eigenvalue weighted by Crippen LogP contribution is 2.29. The van der Waals surface area contributed by atoms with Gasteiger partial charge in [-0.2, -0.15) is 0 Å². The van der Waals surface area contributed by atoms with Crippen LogP contribution in [-0.4, -0.2) is 26.1 Å². The molecule has 1 aliphatic rings. The van der Waals surface area contributed by atoms with Gasteiger partial charge in [0.05, 0.1) is 23.7 Å². The molecule has 172 valence electrons. The van der Waals surface area contributed by atoms with Gasteiger partial charge in [0.25, 0.3) is 0 Å². The van der Waals surface area contributed by atoms with Crippen molar-refractivity contribution in [3.63, 3.8) is 0 Å². The van der Waals surface area contributed by atoms with Crippen LogP contribution in [0.2, 0.25) is 0 Å². The highest BCUT2D eigenvalue weighted by molar-refractivity contribution is 7.90. The van der Waals surface area contributed by atoms with Crippen LogP contribution in [0.1, 0.15) is 35.2 Å². The maximum atomic E-state index is 12.9. The predicted octanol–water partition coefficient (Wildman–Crippen LogP) is 4.50. The zero-order chi connectivity index (χ0) is 23.6. The number of amides is 2. The van der Waals surface area contributed by atoms with Crippen LogP contribution in [-0.2, 0) is 28.7 Å². The normalized spacial score (nSPS) is 18.4. The molecule has 2 atom stereocenters. The number of hydrogen-bond donors (Lipinski definition) is 2. The molecular formula is C25H27N3O4S. The molecule has 0 bridgehead atoms. The molecule has 0 saturated heterocycles. The molecule has 3 aromatic rings. The summed E-state index contributed by atoms with van der Waals surface area (Å²) >= 11 is 0. The monoisotopic (exact) mass is 465 g/mol. The highest BCUT2D eigenvalue weighted by Gasteiger charge is 2.25. The number of hydroxylamine groups is 3. The molecule has 3 aromatic carbocycles. The van der Waals surface area contributed by atoms with Crippen molar-refractivity contribution in [3.05, 3.63) is 100 Å². The summed E-state index contributed by atoms with van der Waals surface area (Å²) in [7, 11) is -1.95. The molecule has 0 aliphatic carbocycles. The van der Waals surface area contributed by atoms with E-state index in [0.29, 0.717) is 24.3 Å². The number of fused-ring (bicyclic) bond motifs is 1. The number of carbonyl (C=O) groups is 1. The summed E-state index contributed by atoms with van der Waals surface area (Å²) in [4.78, 5) is 12.5. The van der Waals surface area contributed by atoms with E-state index >= 15 is 0 Å². The van der Waals surface area contributed by atoms with E-state index in [1.165, 1.54) is 12.1 Å². The van der Waals surface area contributed by atoms with Crippen molar-refractivity contribution >= 4 is 21.6 Å². The number of quaternary nitrogens is 1. The van der Waals surface area contributed by atoms with Crippen LogP contribution >= 0.6 is 0 Å². The number of anilines is 1. The van der Waals surface area contributed by atoms with E-state index in [0.717, 1.165) is 16.7 Å². The van der Waals surface area contributed by atoms with E-state index in [1.54, 1.807) is 25.2 Å². The molecule has 2 unspecified atom stereocenters. The van der Waals surface area contributed by atoms with Crippen LogP contribution in [0.15, 0.2) is 77.7 Å². The van der Waals surface area contributed by atoms with Crippen molar-refractivity contribution in [3.8, 4) is 0 Å². The number of nitrogens with zero attached hydrogens (tertiary/aromatic N) is 1. The lowest BCUT2D eigenvalue weighted by molar-refractivity contribution is -0.880. The van der Waals surface area contributed by atoms with Gasteiger partial charge in [0.1, 0.15) is 13.1 Å². The topological polar surface area (TPSA) is 98.3 Å². The number of nitrogens with one attached hydrogen (secondary N) is 2. The van der Waals surface area contributed by atoms with Crippen LogP contribution in [0.4, 0.5) is 10.5 Å². The van der Waals surface area contributed by atoms with E-state index in [-0.39, 0.29) is 27.4 Å². The maximum Gasteiger partial charge on any atom is 0.319 e. The number of sulfone groups is 1. The van der Waals surface area contributed by atoms with Gasteiger partial charge in [-0.1, -0.05) is 42.5 Å². The van der Waals surface area contributed by atoms with E-state index in [2.05, 4.69) is 10.6 Å². The Bertz CT molecular complexity index is 1260. The lowest BCUT2D eigenvalue weighted by Crippen LogP contribution is -2.31. The zero-order valence-corrected chi connectivity index (χ0v) is 19.4. The summed E-state index contributed by atoms with van der Waals surface area (Å²) in [5.74, 6) is -0.148. The third kappa shape index (κ3) is 5.60. The molecule has 2 amide bonds. The highest BCUT2D eigenvalue weighted by atomic mass is 32.2. The van der Waals surface area contributed by atoms with Gasteiger partial charge in [-0.15, -0.1) is 0 Å². The Kier molecular flexibility index (Phi) is 6.25. The molecule has 4 rings (SSSR count). The summed E-state index contributed by atoms with van der Waals surface area (Å²) in [5.41, 5.74) is 4.03.